The van der Waals surface area contributed by atoms with Gasteiger partial charge in [-0.2, -0.15) is 0 Å². The number of nitrogens with zero attached hydrogens (tertiary/aromatic N) is 5. The fraction of sp³-hybridized carbons (Fsp3) is 0.429. The molecule has 1 atom stereocenters. The number of benzene rings is 1. The molecule has 1 saturated carbocycles. The van der Waals surface area contributed by atoms with Crippen LogP contribution in [0.5, 0.6) is 11.5 Å². The summed E-state index contributed by atoms with van der Waals surface area (Å²) in [6, 6.07) is 3.29. The van der Waals surface area contributed by atoms with Crippen molar-refractivity contribution in [2.24, 2.45) is 5.73 Å². The number of amides is 1. The zero-order chi connectivity index (χ0) is 23.7. The van der Waals surface area contributed by atoms with Crippen molar-refractivity contribution in [3.63, 3.8) is 0 Å². The number of nitrogens with one attached hydrogen (secondary N) is 1. The predicted molar refractivity (Wildman–Crippen MR) is 116 cm³/mol. The van der Waals surface area contributed by atoms with E-state index in [1.807, 2.05) is 4.90 Å². The first-order valence-corrected chi connectivity index (χ1v) is 10.9. The summed E-state index contributed by atoms with van der Waals surface area (Å²) in [6.07, 6.45) is 1.37. The van der Waals surface area contributed by atoms with E-state index in [0.29, 0.717) is 35.4 Å². The van der Waals surface area contributed by atoms with Gasteiger partial charge in [-0.05, 0) is 31.4 Å². The van der Waals surface area contributed by atoms with Gasteiger partial charge in [0.1, 0.15) is 17.4 Å². The van der Waals surface area contributed by atoms with Gasteiger partial charge < -0.3 is 35.7 Å². The molecule has 0 spiro atoms. The lowest BCUT2D eigenvalue weighted by atomic mass is 9.99. The van der Waals surface area contributed by atoms with Gasteiger partial charge in [0.2, 0.25) is 5.91 Å². The molecule has 1 saturated heterocycles. The van der Waals surface area contributed by atoms with E-state index in [0.717, 1.165) is 12.8 Å². The number of nitrogen functional groups attached to an aromatic ring is 1. The van der Waals surface area contributed by atoms with Crippen molar-refractivity contribution in [2.75, 3.05) is 23.7 Å². The maximum Gasteiger partial charge on any atom is 0.586 e. The smallest absolute Gasteiger partial charge is 0.395 e. The Morgan fingerprint density at radius 1 is 1.24 bits per heavy atom. The van der Waals surface area contributed by atoms with E-state index in [1.54, 1.807) is 10.6 Å². The summed E-state index contributed by atoms with van der Waals surface area (Å²) < 4.78 is 39.2. The van der Waals surface area contributed by atoms with Gasteiger partial charge in [-0.25, -0.2) is 15.0 Å². The third-order valence-corrected chi connectivity index (χ3v) is 6.41. The predicted octanol–water partition coefficient (Wildman–Crippen LogP) is 0.965. The van der Waals surface area contributed by atoms with Crippen LogP contribution in [-0.2, 0) is 11.3 Å². The normalized spacial score (nSPS) is 23.0. The number of imidazole rings is 1. The highest BCUT2D eigenvalue weighted by Gasteiger charge is 2.47. The van der Waals surface area contributed by atoms with Crippen molar-refractivity contribution in [3.05, 3.63) is 30.4 Å². The molecule has 178 valence electrons. The van der Waals surface area contributed by atoms with Crippen LogP contribution in [0.25, 0.3) is 11.2 Å². The van der Waals surface area contributed by atoms with E-state index in [9.17, 15) is 13.6 Å². The highest BCUT2D eigenvalue weighted by atomic mass is 19.3. The summed E-state index contributed by atoms with van der Waals surface area (Å²) in [5.41, 5.74) is 13.1. The molecule has 1 amide bonds. The number of aromatic nitrogens is 4. The molecule has 3 aromatic rings. The number of alkyl halides is 2. The standard InChI is InChI=1S/C21H22F2N8O3/c22-21(23)33-14-4-3-13(30-6-5-20(25,8-30)19(32)29-11-1-2-11)12(16(14)34-21)7-31-10-28-15-17(24)26-9-27-18(15)31/h3-4,9-11H,1-2,5-8,25H2,(H,29,32)(H2,24,26,27)/t20-/m1/s1. The SMILES string of the molecule is Nc1ncnc2c1ncn2Cc1c(N2CC[C@](N)(C(=O)NC3CC3)C2)ccc2c1OC(F)(F)O2. The van der Waals surface area contributed by atoms with Gasteiger partial charge in [0.15, 0.2) is 23.0 Å². The number of halogens is 2. The lowest BCUT2D eigenvalue weighted by Crippen LogP contribution is -2.56. The molecule has 4 heterocycles. The van der Waals surface area contributed by atoms with Crippen molar-refractivity contribution >= 4 is 28.6 Å². The number of hydrogen-bond acceptors (Lipinski definition) is 9. The first-order chi connectivity index (χ1) is 16.2. The second kappa shape index (κ2) is 7.13. The Bertz CT molecular complexity index is 1310. The molecule has 3 aliphatic rings. The second-order valence-electron chi connectivity index (χ2n) is 8.94. The maximum atomic E-state index is 14.0. The minimum absolute atomic E-state index is 0.0769. The molecular formula is C21H22F2N8O3. The summed E-state index contributed by atoms with van der Waals surface area (Å²) in [4.78, 5) is 27.1. The van der Waals surface area contributed by atoms with Gasteiger partial charge in [-0.1, -0.05) is 0 Å². The van der Waals surface area contributed by atoms with Crippen molar-refractivity contribution in [1.82, 2.24) is 24.8 Å². The molecule has 34 heavy (non-hydrogen) atoms. The highest BCUT2D eigenvalue weighted by molar-refractivity contribution is 5.88. The van der Waals surface area contributed by atoms with E-state index >= 15 is 0 Å². The molecule has 1 aromatic carbocycles. The number of anilines is 2. The van der Waals surface area contributed by atoms with E-state index < -0.39 is 11.8 Å². The Hall–Kier alpha value is -3.74. The number of carbonyl (C=O) groups excluding carboxylic acids is 1. The summed E-state index contributed by atoms with van der Waals surface area (Å²) in [5.74, 6) is -0.142. The molecule has 2 aromatic heterocycles. The van der Waals surface area contributed by atoms with Crippen molar-refractivity contribution in [1.29, 1.82) is 0 Å². The van der Waals surface area contributed by atoms with Crippen LogP contribution in [0, 0.1) is 0 Å². The minimum atomic E-state index is -3.79. The Morgan fingerprint density at radius 2 is 2.06 bits per heavy atom. The second-order valence-corrected chi connectivity index (χ2v) is 8.94. The number of carbonyl (C=O) groups is 1. The number of nitrogens with two attached hydrogens (primary N) is 2. The molecule has 0 unspecified atom stereocenters. The van der Waals surface area contributed by atoms with Gasteiger partial charge in [0, 0.05) is 30.4 Å². The average Bonchev–Trinajstić information content (AvgIpc) is 3.21. The van der Waals surface area contributed by atoms with Crippen LogP contribution in [0.2, 0.25) is 0 Å². The maximum absolute atomic E-state index is 14.0. The number of rotatable bonds is 5. The van der Waals surface area contributed by atoms with Gasteiger partial charge in [0.05, 0.1) is 12.9 Å². The van der Waals surface area contributed by atoms with Crippen molar-refractivity contribution in [3.8, 4) is 11.5 Å². The molecule has 2 fully saturated rings. The lowest BCUT2D eigenvalue weighted by molar-refractivity contribution is -0.286. The molecule has 2 aliphatic heterocycles. The van der Waals surface area contributed by atoms with Crippen LogP contribution in [0.4, 0.5) is 20.3 Å². The summed E-state index contributed by atoms with van der Waals surface area (Å²) >= 11 is 0. The topological polar surface area (TPSA) is 146 Å². The highest BCUT2D eigenvalue weighted by Crippen LogP contribution is 2.48. The van der Waals surface area contributed by atoms with Crippen LogP contribution < -0.4 is 31.2 Å². The monoisotopic (exact) mass is 472 g/mol. The molecule has 11 nitrogen and oxygen atoms in total. The first kappa shape index (κ1) is 20.8. The number of hydrogen-bond donors (Lipinski definition) is 3. The van der Waals surface area contributed by atoms with Gasteiger partial charge in [0.25, 0.3) is 0 Å². The third-order valence-electron chi connectivity index (χ3n) is 6.41. The van der Waals surface area contributed by atoms with E-state index in [2.05, 4.69) is 25.0 Å². The van der Waals surface area contributed by atoms with Crippen LogP contribution >= 0.6 is 0 Å². The van der Waals surface area contributed by atoms with E-state index in [4.69, 9.17) is 16.2 Å². The van der Waals surface area contributed by atoms with E-state index in [1.165, 1.54) is 18.7 Å². The Balaban J connectivity index is 1.38. The molecule has 0 bridgehead atoms. The molecule has 5 N–H and O–H groups in total. The fourth-order valence-electron chi connectivity index (χ4n) is 4.47. The van der Waals surface area contributed by atoms with Gasteiger partial charge in [-0.15, -0.1) is 8.78 Å². The fourth-order valence-corrected chi connectivity index (χ4v) is 4.47. The summed E-state index contributed by atoms with van der Waals surface area (Å²) in [7, 11) is 0. The zero-order valence-corrected chi connectivity index (χ0v) is 18.0. The van der Waals surface area contributed by atoms with Gasteiger partial charge in [-0.3, -0.25) is 4.79 Å². The Kier molecular flexibility index (Phi) is 4.37. The Labute approximate surface area is 192 Å². The molecule has 13 heteroatoms. The minimum Gasteiger partial charge on any atom is -0.395 e. The number of ether oxygens (including phenoxy) is 2. The average molecular weight is 472 g/mol. The molecular weight excluding hydrogens is 450 g/mol. The largest absolute Gasteiger partial charge is 0.586 e. The first-order valence-electron chi connectivity index (χ1n) is 10.9. The molecule has 6 rings (SSSR count). The Morgan fingerprint density at radius 3 is 2.85 bits per heavy atom. The summed E-state index contributed by atoms with van der Waals surface area (Å²) in [5, 5.41) is 2.96. The van der Waals surface area contributed by atoms with Crippen LogP contribution in [-0.4, -0.2) is 56.4 Å². The molecule has 1 aliphatic carbocycles. The van der Waals surface area contributed by atoms with Gasteiger partial charge >= 0.3 is 6.29 Å². The third kappa shape index (κ3) is 3.43. The van der Waals surface area contributed by atoms with E-state index in [-0.39, 0.29) is 42.4 Å². The van der Waals surface area contributed by atoms with Crippen molar-refractivity contribution in [2.45, 2.75) is 43.7 Å². The quantitative estimate of drug-likeness (QED) is 0.494. The van der Waals surface area contributed by atoms with Crippen LogP contribution in [0.3, 0.4) is 0 Å². The molecule has 0 radical (unpaired) electrons. The van der Waals surface area contributed by atoms with Crippen LogP contribution in [0.1, 0.15) is 24.8 Å². The van der Waals surface area contributed by atoms with Crippen molar-refractivity contribution < 1.29 is 23.0 Å². The zero-order valence-electron chi connectivity index (χ0n) is 18.0. The summed E-state index contributed by atoms with van der Waals surface area (Å²) in [6.45, 7) is 0.791. The lowest BCUT2D eigenvalue weighted by Gasteiger charge is -2.26. The number of fused-ring (bicyclic) bond motifs is 2. The van der Waals surface area contributed by atoms with Crippen LogP contribution in [0.15, 0.2) is 24.8 Å².